The lowest BCUT2D eigenvalue weighted by Crippen LogP contribution is -2.37. The molecule has 0 aromatic carbocycles. The second kappa shape index (κ2) is 5.35. The third kappa shape index (κ3) is 3.29. The summed E-state index contributed by atoms with van der Waals surface area (Å²) in [5, 5.41) is 0. The maximum atomic E-state index is 11.8. The van der Waals surface area contributed by atoms with Gasteiger partial charge >= 0.3 is 0 Å². The molecule has 1 amide bonds. The summed E-state index contributed by atoms with van der Waals surface area (Å²) in [4.78, 5) is 13.7. The summed E-state index contributed by atoms with van der Waals surface area (Å²) in [6.07, 6.45) is 4.00. The normalized spacial score (nSPS) is 17.9. The number of nitrogens with zero attached hydrogens (tertiary/aromatic N) is 1. The van der Waals surface area contributed by atoms with Gasteiger partial charge in [-0.05, 0) is 32.1 Å². The predicted molar refractivity (Wildman–Crippen MR) is 57.9 cm³/mol. The zero-order valence-electron chi connectivity index (χ0n) is 9.33. The molecule has 82 valence electrons. The van der Waals surface area contributed by atoms with E-state index in [1.54, 1.807) is 0 Å². The maximum Gasteiger partial charge on any atom is 0.224 e. The van der Waals surface area contributed by atoms with Crippen LogP contribution in [-0.2, 0) is 4.79 Å². The molecule has 0 aromatic heterocycles. The van der Waals surface area contributed by atoms with E-state index in [9.17, 15) is 4.79 Å². The Morgan fingerprint density at radius 2 is 2.14 bits per heavy atom. The van der Waals surface area contributed by atoms with Crippen molar-refractivity contribution in [1.82, 2.24) is 4.90 Å². The number of carbonyl (C=O) groups is 1. The van der Waals surface area contributed by atoms with E-state index in [1.165, 1.54) is 12.8 Å². The Kier molecular flexibility index (Phi) is 4.39. The Morgan fingerprint density at radius 1 is 1.50 bits per heavy atom. The standard InChI is InChI=1S/C11H22N2O/c1-3-7-13(4-2)11(14)8-10(12)9-5-6-9/h9-10H,3-8,12H2,1-2H3. The molecule has 3 nitrogen and oxygen atoms in total. The van der Waals surface area contributed by atoms with E-state index in [4.69, 9.17) is 5.73 Å². The van der Waals surface area contributed by atoms with E-state index in [1.807, 2.05) is 11.8 Å². The summed E-state index contributed by atoms with van der Waals surface area (Å²) in [6, 6.07) is 0.105. The van der Waals surface area contributed by atoms with E-state index in [2.05, 4.69) is 6.92 Å². The number of hydrogen-bond donors (Lipinski definition) is 1. The van der Waals surface area contributed by atoms with Gasteiger partial charge in [0, 0.05) is 25.6 Å². The molecule has 1 unspecified atom stereocenters. The summed E-state index contributed by atoms with van der Waals surface area (Å²) in [6.45, 7) is 5.80. The molecule has 1 rings (SSSR count). The van der Waals surface area contributed by atoms with Crippen LogP contribution in [0.5, 0.6) is 0 Å². The molecular formula is C11H22N2O. The van der Waals surface area contributed by atoms with Gasteiger partial charge < -0.3 is 10.6 Å². The van der Waals surface area contributed by atoms with Gasteiger partial charge in [0.1, 0.15) is 0 Å². The second-order valence-corrected chi connectivity index (χ2v) is 4.18. The molecule has 0 aromatic rings. The fourth-order valence-corrected chi connectivity index (χ4v) is 1.75. The molecule has 0 radical (unpaired) electrons. The van der Waals surface area contributed by atoms with Crippen LogP contribution in [0, 0.1) is 5.92 Å². The van der Waals surface area contributed by atoms with Crippen molar-refractivity contribution in [2.24, 2.45) is 11.7 Å². The number of nitrogens with two attached hydrogens (primary N) is 1. The van der Waals surface area contributed by atoms with Gasteiger partial charge in [-0.2, -0.15) is 0 Å². The Labute approximate surface area is 86.6 Å². The third-order valence-corrected chi connectivity index (χ3v) is 2.87. The lowest BCUT2D eigenvalue weighted by Gasteiger charge is -2.21. The third-order valence-electron chi connectivity index (χ3n) is 2.87. The quantitative estimate of drug-likeness (QED) is 0.700. The first kappa shape index (κ1) is 11.5. The monoisotopic (exact) mass is 198 g/mol. The Hall–Kier alpha value is -0.570. The van der Waals surface area contributed by atoms with Crippen LogP contribution in [0.1, 0.15) is 39.5 Å². The summed E-state index contributed by atoms with van der Waals surface area (Å²) >= 11 is 0. The van der Waals surface area contributed by atoms with Crippen molar-refractivity contribution in [1.29, 1.82) is 0 Å². The highest BCUT2D eigenvalue weighted by molar-refractivity contribution is 5.76. The van der Waals surface area contributed by atoms with E-state index in [0.29, 0.717) is 12.3 Å². The largest absolute Gasteiger partial charge is 0.343 e. The Balaban J connectivity index is 2.29. The molecule has 0 spiro atoms. The number of rotatable bonds is 6. The number of carbonyl (C=O) groups excluding carboxylic acids is 1. The fraction of sp³-hybridized carbons (Fsp3) is 0.909. The average molecular weight is 198 g/mol. The predicted octanol–water partition coefficient (Wildman–Crippen LogP) is 1.37. The molecule has 1 atom stereocenters. The van der Waals surface area contributed by atoms with Crippen LogP contribution in [-0.4, -0.2) is 29.9 Å². The van der Waals surface area contributed by atoms with Gasteiger partial charge in [-0.3, -0.25) is 4.79 Å². The molecule has 1 aliphatic carbocycles. The van der Waals surface area contributed by atoms with Crippen LogP contribution >= 0.6 is 0 Å². The molecule has 3 heteroatoms. The zero-order chi connectivity index (χ0) is 10.6. The summed E-state index contributed by atoms with van der Waals surface area (Å²) in [5.41, 5.74) is 5.92. The van der Waals surface area contributed by atoms with Crippen molar-refractivity contribution < 1.29 is 4.79 Å². The maximum absolute atomic E-state index is 11.8. The van der Waals surface area contributed by atoms with E-state index < -0.39 is 0 Å². The van der Waals surface area contributed by atoms with Gasteiger partial charge in [-0.1, -0.05) is 6.92 Å². The van der Waals surface area contributed by atoms with Crippen molar-refractivity contribution in [2.45, 2.75) is 45.6 Å². The molecule has 0 bridgehead atoms. The number of hydrogen-bond acceptors (Lipinski definition) is 2. The summed E-state index contributed by atoms with van der Waals surface area (Å²) in [5.74, 6) is 0.855. The lowest BCUT2D eigenvalue weighted by molar-refractivity contribution is -0.131. The lowest BCUT2D eigenvalue weighted by atomic mass is 10.1. The van der Waals surface area contributed by atoms with Gasteiger partial charge in [0.05, 0.1) is 0 Å². The fourth-order valence-electron chi connectivity index (χ4n) is 1.75. The first-order chi connectivity index (χ1) is 6.69. The van der Waals surface area contributed by atoms with Crippen LogP contribution in [0.3, 0.4) is 0 Å². The molecule has 0 heterocycles. The first-order valence-electron chi connectivity index (χ1n) is 5.72. The molecule has 1 fully saturated rings. The minimum absolute atomic E-state index is 0.105. The summed E-state index contributed by atoms with van der Waals surface area (Å²) in [7, 11) is 0. The zero-order valence-corrected chi connectivity index (χ0v) is 9.33. The van der Waals surface area contributed by atoms with Crippen LogP contribution < -0.4 is 5.73 Å². The molecule has 14 heavy (non-hydrogen) atoms. The summed E-state index contributed by atoms with van der Waals surface area (Å²) < 4.78 is 0. The molecule has 2 N–H and O–H groups in total. The van der Waals surface area contributed by atoms with E-state index in [0.717, 1.165) is 19.5 Å². The average Bonchev–Trinajstić information content (AvgIpc) is 2.96. The van der Waals surface area contributed by atoms with Crippen molar-refractivity contribution in [3.63, 3.8) is 0 Å². The van der Waals surface area contributed by atoms with Crippen molar-refractivity contribution in [3.05, 3.63) is 0 Å². The van der Waals surface area contributed by atoms with Crippen molar-refractivity contribution in [3.8, 4) is 0 Å². The first-order valence-corrected chi connectivity index (χ1v) is 5.72. The Morgan fingerprint density at radius 3 is 2.57 bits per heavy atom. The molecule has 1 aliphatic rings. The Bertz CT molecular complexity index is 190. The van der Waals surface area contributed by atoms with Gasteiger partial charge in [0.15, 0.2) is 0 Å². The highest BCUT2D eigenvalue weighted by atomic mass is 16.2. The van der Waals surface area contributed by atoms with Crippen molar-refractivity contribution >= 4 is 5.91 Å². The smallest absolute Gasteiger partial charge is 0.224 e. The van der Waals surface area contributed by atoms with Crippen LogP contribution in [0.4, 0.5) is 0 Å². The van der Waals surface area contributed by atoms with Crippen molar-refractivity contribution in [2.75, 3.05) is 13.1 Å². The van der Waals surface area contributed by atoms with Gasteiger partial charge in [-0.25, -0.2) is 0 Å². The number of amides is 1. The van der Waals surface area contributed by atoms with Gasteiger partial charge in [0.25, 0.3) is 0 Å². The topological polar surface area (TPSA) is 46.3 Å². The highest BCUT2D eigenvalue weighted by Crippen LogP contribution is 2.32. The van der Waals surface area contributed by atoms with Crippen LogP contribution in [0.15, 0.2) is 0 Å². The molecule has 0 saturated heterocycles. The minimum Gasteiger partial charge on any atom is -0.343 e. The highest BCUT2D eigenvalue weighted by Gasteiger charge is 2.30. The molecule has 0 aliphatic heterocycles. The van der Waals surface area contributed by atoms with E-state index >= 15 is 0 Å². The van der Waals surface area contributed by atoms with Gasteiger partial charge in [-0.15, -0.1) is 0 Å². The van der Waals surface area contributed by atoms with Crippen LogP contribution in [0.25, 0.3) is 0 Å². The molecular weight excluding hydrogens is 176 g/mol. The molecule has 1 saturated carbocycles. The minimum atomic E-state index is 0.105. The van der Waals surface area contributed by atoms with E-state index in [-0.39, 0.29) is 11.9 Å². The second-order valence-electron chi connectivity index (χ2n) is 4.18. The van der Waals surface area contributed by atoms with Gasteiger partial charge in [0.2, 0.25) is 5.91 Å². The SMILES string of the molecule is CCCN(CC)C(=O)CC(N)C1CC1. The van der Waals surface area contributed by atoms with Crippen LogP contribution in [0.2, 0.25) is 0 Å².